The predicted molar refractivity (Wildman–Crippen MR) is 182 cm³/mol. The smallest absolute Gasteiger partial charge is 0.188 e. The van der Waals surface area contributed by atoms with Crippen molar-refractivity contribution in [3.05, 3.63) is 144 Å². The lowest BCUT2D eigenvalue weighted by Crippen LogP contribution is -2.05. The molecule has 0 aliphatic carbocycles. The highest BCUT2D eigenvalue weighted by molar-refractivity contribution is 7.89. The van der Waals surface area contributed by atoms with Gasteiger partial charge in [-0.25, -0.2) is 13.3 Å². The number of hydrogen-bond acceptors (Lipinski definition) is 3. The Balaban J connectivity index is 1.23. The molecule has 0 fully saturated rings. The van der Waals surface area contributed by atoms with E-state index < -0.39 is 9.84 Å². The molecule has 3 heterocycles. The molecule has 0 saturated carbocycles. The zero-order valence-electron chi connectivity index (χ0n) is 24.0. The fourth-order valence-electron chi connectivity index (χ4n) is 6.97. The molecular formula is C39H24N2O3S. The van der Waals surface area contributed by atoms with E-state index in [1.165, 1.54) is 0 Å². The van der Waals surface area contributed by atoms with Gasteiger partial charge in [-0.05, 0) is 93.4 Å². The van der Waals surface area contributed by atoms with Gasteiger partial charge in [0.25, 0.3) is 0 Å². The van der Waals surface area contributed by atoms with E-state index in [0.717, 1.165) is 82.8 Å². The predicted octanol–water partition coefficient (Wildman–Crippen LogP) is 10.00. The highest BCUT2D eigenvalue weighted by Crippen LogP contribution is 2.40. The Morgan fingerprint density at radius 2 is 1.33 bits per heavy atom. The molecule has 1 aliphatic heterocycles. The summed E-state index contributed by atoms with van der Waals surface area (Å²) in [6, 6.07) is 40.4. The largest absolute Gasteiger partial charge is 0.456 e. The van der Waals surface area contributed by atoms with Gasteiger partial charge in [-0.1, -0.05) is 66.7 Å². The van der Waals surface area contributed by atoms with E-state index in [1.807, 2.05) is 78.9 Å². The topological polar surface area (TPSA) is 56.6 Å². The van der Waals surface area contributed by atoms with Crippen molar-refractivity contribution in [1.82, 2.24) is 4.57 Å². The molecule has 0 radical (unpaired) electrons. The Kier molecular flexibility index (Phi) is 5.41. The second-order valence-corrected chi connectivity index (χ2v) is 13.8. The van der Waals surface area contributed by atoms with Gasteiger partial charge in [-0.3, -0.25) is 0 Å². The third-order valence-corrected chi connectivity index (χ3v) is 10.5. The molecule has 0 atom stereocenters. The summed E-state index contributed by atoms with van der Waals surface area (Å²) in [5, 5.41) is 4.19. The van der Waals surface area contributed by atoms with Crippen molar-refractivity contribution in [2.75, 3.05) is 0 Å². The quantitative estimate of drug-likeness (QED) is 0.186. The number of furan rings is 1. The molecule has 0 N–H and O–H groups in total. The lowest BCUT2D eigenvalue weighted by Gasteiger charge is -2.15. The van der Waals surface area contributed by atoms with Crippen LogP contribution in [0.25, 0.3) is 76.5 Å². The van der Waals surface area contributed by atoms with E-state index in [0.29, 0.717) is 5.69 Å². The molecule has 0 amide bonds. The molecular weight excluding hydrogens is 577 g/mol. The minimum absolute atomic E-state index is 0.0128. The molecule has 214 valence electrons. The Morgan fingerprint density at radius 1 is 0.600 bits per heavy atom. The third-order valence-electron chi connectivity index (χ3n) is 8.99. The summed E-state index contributed by atoms with van der Waals surface area (Å²) < 4.78 is 35.1. The average Bonchev–Trinajstić information content (AvgIpc) is 3.56. The van der Waals surface area contributed by atoms with Crippen LogP contribution in [0.4, 0.5) is 5.69 Å². The van der Waals surface area contributed by atoms with E-state index in [9.17, 15) is 8.42 Å². The van der Waals surface area contributed by atoms with Gasteiger partial charge in [-0.2, -0.15) is 0 Å². The molecule has 0 saturated heterocycles. The van der Waals surface area contributed by atoms with Gasteiger partial charge < -0.3 is 8.98 Å². The fourth-order valence-corrected chi connectivity index (χ4v) is 8.52. The third kappa shape index (κ3) is 4.02. The number of rotatable bonds is 2. The molecule has 0 spiro atoms. The van der Waals surface area contributed by atoms with Crippen LogP contribution in [0.2, 0.25) is 0 Å². The number of para-hydroxylation sites is 2. The molecule has 0 bridgehead atoms. The van der Waals surface area contributed by atoms with E-state index >= 15 is 0 Å². The lowest BCUT2D eigenvalue weighted by atomic mass is 9.92. The van der Waals surface area contributed by atoms with Crippen molar-refractivity contribution >= 4 is 59.3 Å². The standard InChI is InChI=1S/C39H24N2O3S/c1-40-28-13-16-37-34(20-28)31-6-2-4-8-36(31)41(37)29-14-10-26-22-45(42,43)23-27-18-24(11-15-30(27)33(26)21-29)25-12-17-39-35(19-25)32-7-3-5-9-38(32)44-39/h2-21H,22-23H2. The maximum absolute atomic E-state index is 13.4. The van der Waals surface area contributed by atoms with Crippen LogP contribution in [0, 0.1) is 6.57 Å². The molecule has 6 heteroatoms. The number of aromatic nitrogens is 1. The van der Waals surface area contributed by atoms with Crippen LogP contribution in [-0.2, 0) is 21.3 Å². The second-order valence-electron chi connectivity index (χ2n) is 11.7. The minimum atomic E-state index is -3.39. The zero-order valence-corrected chi connectivity index (χ0v) is 24.8. The van der Waals surface area contributed by atoms with Crippen LogP contribution in [0.5, 0.6) is 0 Å². The van der Waals surface area contributed by atoms with Crippen LogP contribution in [0.3, 0.4) is 0 Å². The highest BCUT2D eigenvalue weighted by Gasteiger charge is 2.25. The summed E-state index contributed by atoms with van der Waals surface area (Å²) in [4.78, 5) is 3.65. The molecule has 45 heavy (non-hydrogen) atoms. The van der Waals surface area contributed by atoms with Crippen LogP contribution in [-0.4, -0.2) is 13.0 Å². The summed E-state index contributed by atoms with van der Waals surface area (Å²) in [5.74, 6) is -0.0347. The van der Waals surface area contributed by atoms with Crippen molar-refractivity contribution in [2.24, 2.45) is 0 Å². The Bertz CT molecular complexity index is 2690. The van der Waals surface area contributed by atoms with Gasteiger partial charge in [0.2, 0.25) is 0 Å². The number of benzene rings is 6. The SMILES string of the molecule is [C-]#[N+]c1ccc2c(c1)c1ccccc1n2-c1ccc2c(c1)-c1ccc(-c3ccc4oc5ccccc5c4c3)cc1CS(=O)(=O)C2. The first-order chi connectivity index (χ1) is 22.0. The maximum atomic E-state index is 13.4. The Morgan fingerprint density at radius 3 is 2.22 bits per heavy atom. The Labute approximate surface area is 259 Å². The van der Waals surface area contributed by atoms with Crippen molar-refractivity contribution in [1.29, 1.82) is 0 Å². The van der Waals surface area contributed by atoms with Crippen molar-refractivity contribution in [2.45, 2.75) is 11.5 Å². The summed E-state index contributed by atoms with van der Waals surface area (Å²) in [6.45, 7) is 7.52. The number of nitrogens with zero attached hydrogens (tertiary/aromatic N) is 2. The normalized spacial score (nSPS) is 13.9. The van der Waals surface area contributed by atoms with E-state index in [2.05, 4.69) is 51.9 Å². The van der Waals surface area contributed by atoms with Crippen molar-refractivity contribution in [3.63, 3.8) is 0 Å². The molecule has 5 nitrogen and oxygen atoms in total. The summed E-state index contributed by atoms with van der Waals surface area (Å²) >= 11 is 0. The molecule has 0 unspecified atom stereocenters. The second kappa shape index (κ2) is 9.43. The molecule has 2 aromatic heterocycles. The number of hydrogen-bond donors (Lipinski definition) is 0. The van der Waals surface area contributed by atoms with Gasteiger partial charge in [-0.15, -0.1) is 0 Å². The van der Waals surface area contributed by atoms with Crippen LogP contribution >= 0.6 is 0 Å². The van der Waals surface area contributed by atoms with Crippen molar-refractivity contribution in [3.8, 4) is 27.9 Å². The van der Waals surface area contributed by atoms with Crippen LogP contribution in [0.15, 0.2) is 126 Å². The van der Waals surface area contributed by atoms with Gasteiger partial charge >= 0.3 is 0 Å². The van der Waals surface area contributed by atoms with Crippen LogP contribution in [0.1, 0.15) is 11.1 Å². The average molecular weight is 601 g/mol. The fraction of sp³-hybridized carbons (Fsp3) is 0.0513. The summed E-state index contributed by atoms with van der Waals surface area (Å²) in [6.07, 6.45) is 0. The lowest BCUT2D eigenvalue weighted by molar-refractivity contribution is 0.595. The van der Waals surface area contributed by atoms with E-state index in [1.54, 1.807) is 0 Å². The van der Waals surface area contributed by atoms with Gasteiger partial charge in [0, 0.05) is 21.8 Å². The minimum Gasteiger partial charge on any atom is -0.456 e. The van der Waals surface area contributed by atoms with E-state index in [-0.39, 0.29) is 11.5 Å². The van der Waals surface area contributed by atoms with Gasteiger partial charge in [0.15, 0.2) is 15.5 Å². The Hall–Kier alpha value is -5.64. The van der Waals surface area contributed by atoms with Crippen LogP contribution < -0.4 is 0 Å². The van der Waals surface area contributed by atoms with Gasteiger partial charge in [0.05, 0.1) is 29.1 Å². The molecule has 6 aromatic carbocycles. The molecule has 1 aliphatic rings. The maximum Gasteiger partial charge on any atom is 0.188 e. The monoisotopic (exact) mass is 600 g/mol. The number of fused-ring (bicyclic) bond motifs is 9. The first-order valence-corrected chi connectivity index (χ1v) is 16.6. The summed E-state index contributed by atoms with van der Waals surface area (Å²) in [5.41, 5.74) is 10.7. The first kappa shape index (κ1) is 25.8. The number of sulfone groups is 1. The zero-order chi connectivity index (χ0) is 30.3. The summed E-state index contributed by atoms with van der Waals surface area (Å²) in [7, 11) is -3.39. The van der Waals surface area contributed by atoms with Gasteiger partial charge in [0.1, 0.15) is 11.2 Å². The molecule has 8 aromatic rings. The molecule has 9 rings (SSSR count). The highest BCUT2D eigenvalue weighted by atomic mass is 32.2. The van der Waals surface area contributed by atoms with E-state index in [4.69, 9.17) is 11.0 Å². The first-order valence-electron chi connectivity index (χ1n) is 14.8. The van der Waals surface area contributed by atoms with Crippen molar-refractivity contribution < 1.29 is 12.8 Å².